The second-order valence-corrected chi connectivity index (χ2v) is 4.90. The van der Waals surface area contributed by atoms with Crippen LogP contribution in [-0.4, -0.2) is 15.4 Å². The van der Waals surface area contributed by atoms with Gasteiger partial charge in [-0.1, -0.05) is 26.7 Å². The zero-order chi connectivity index (χ0) is 10.4. The molecule has 0 amide bonds. The summed E-state index contributed by atoms with van der Waals surface area (Å²) in [7, 11) is 0. The molecule has 0 aliphatic carbocycles. The molecule has 14 heavy (non-hydrogen) atoms. The van der Waals surface area contributed by atoms with E-state index in [0.29, 0.717) is 6.04 Å². The van der Waals surface area contributed by atoms with Gasteiger partial charge in [-0.3, -0.25) is 0 Å². The van der Waals surface area contributed by atoms with Crippen LogP contribution < -0.4 is 5.32 Å². The van der Waals surface area contributed by atoms with E-state index in [4.69, 9.17) is 0 Å². The van der Waals surface area contributed by atoms with Gasteiger partial charge in [-0.2, -0.15) is 4.37 Å². The molecule has 1 N–H and O–H groups in total. The van der Waals surface area contributed by atoms with Crippen LogP contribution in [0.3, 0.4) is 0 Å². The van der Waals surface area contributed by atoms with Gasteiger partial charge in [0.25, 0.3) is 0 Å². The lowest BCUT2D eigenvalue weighted by Crippen LogP contribution is -2.14. The summed E-state index contributed by atoms with van der Waals surface area (Å²) in [5.74, 6) is 0.809. The van der Waals surface area contributed by atoms with Crippen molar-refractivity contribution in [1.29, 1.82) is 0 Å². The SMILES string of the molecule is CC(C)CCCC(C)Nc1ncns1. The lowest BCUT2D eigenvalue weighted by atomic mass is 10.0. The van der Waals surface area contributed by atoms with Crippen LogP contribution in [0.5, 0.6) is 0 Å². The zero-order valence-electron chi connectivity index (χ0n) is 9.16. The summed E-state index contributed by atoms with van der Waals surface area (Å²) in [4.78, 5) is 4.10. The van der Waals surface area contributed by atoms with Crippen molar-refractivity contribution in [2.24, 2.45) is 5.92 Å². The van der Waals surface area contributed by atoms with Crippen LogP contribution in [0.15, 0.2) is 6.33 Å². The molecular weight excluding hydrogens is 194 g/mol. The van der Waals surface area contributed by atoms with Gasteiger partial charge in [0.1, 0.15) is 6.33 Å². The van der Waals surface area contributed by atoms with Crippen molar-refractivity contribution < 1.29 is 0 Å². The summed E-state index contributed by atoms with van der Waals surface area (Å²) in [5, 5.41) is 4.27. The molecule has 4 heteroatoms. The van der Waals surface area contributed by atoms with Gasteiger partial charge in [-0.15, -0.1) is 0 Å². The minimum absolute atomic E-state index is 0.502. The maximum absolute atomic E-state index is 4.10. The highest BCUT2D eigenvalue weighted by Gasteiger charge is 2.04. The average molecular weight is 213 g/mol. The quantitative estimate of drug-likeness (QED) is 0.788. The molecule has 0 saturated carbocycles. The van der Waals surface area contributed by atoms with Crippen LogP contribution in [0.25, 0.3) is 0 Å². The smallest absolute Gasteiger partial charge is 0.202 e. The topological polar surface area (TPSA) is 37.8 Å². The standard InChI is InChI=1S/C10H19N3S/c1-8(2)5-4-6-9(3)13-10-11-7-12-14-10/h7-9H,4-6H2,1-3H3,(H,11,12,13). The molecule has 1 rings (SSSR count). The summed E-state index contributed by atoms with van der Waals surface area (Å²) >= 11 is 1.42. The van der Waals surface area contributed by atoms with Gasteiger partial charge in [-0.05, 0) is 19.3 Å². The molecule has 1 aromatic rings. The van der Waals surface area contributed by atoms with Gasteiger partial charge in [-0.25, -0.2) is 4.98 Å². The van der Waals surface area contributed by atoms with Gasteiger partial charge in [0, 0.05) is 17.6 Å². The Morgan fingerprint density at radius 2 is 2.14 bits per heavy atom. The third-order valence-corrected chi connectivity index (χ3v) is 2.75. The van der Waals surface area contributed by atoms with Crippen molar-refractivity contribution in [3.05, 3.63) is 6.33 Å². The average Bonchev–Trinajstić information content (AvgIpc) is 2.56. The molecule has 0 spiro atoms. The van der Waals surface area contributed by atoms with E-state index >= 15 is 0 Å². The Balaban J connectivity index is 2.13. The van der Waals surface area contributed by atoms with E-state index in [-0.39, 0.29) is 0 Å². The first-order chi connectivity index (χ1) is 6.68. The molecule has 0 aromatic carbocycles. The Morgan fingerprint density at radius 3 is 2.71 bits per heavy atom. The predicted molar refractivity (Wildman–Crippen MR) is 61.7 cm³/mol. The molecule has 3 nitrogen and oxygen atoms in total. The molecule has 0 aliphatic rings. The molecule has 1 unspecified atom stereocenters. The second kappa shape index (κ2) is 5.96. The fourth-order valence-electron chi connectivity index (χ4n) is 1.35. The number of nitrogens with zero attached hydrogens (tertiary/aromatic N) is 2. The van der Waals surface area contributed by atoms with E-state index in [9.17, 15) is 0 Å². The predicted octanol–water partition coefficient (Wildman–Crippen LogP) is 3.16. The van der Waals surface area contributed by atoms with Crippen molar-refractivity contribution >= 4 is 16.7 Å². The van der Waals surface area contributed by atoms with Crippen molar-refractivity contribution in [3.8, 4) is 0 Å². The molecule has 0 saturated heterocycles. The minimum Gasteiger partial charge on any atom is -0.358 e. The first-order valence-corrected chi connectivity index (χ1v) is 5.99. The monoisotopic (exact) mass is 213 g/mol. The normalized spacial score (nSPS) is 13.1. The van der Waals surface area contributed by atoms with E-state index in [2.05, 4.69) is 35.4 Å². The summed E-state index contributed by atoms with van der Waals surface area (Å²) in [6.45, 7) is 6.73. The molecule has 1 atom stereocenters. The fraction of sp³-hybridized carbons (Fsp3) is 0.800. The Kier molecular flexibility index (Phi) is 4.87. The number of rotatable bonds is 6. The first-order valence-electron chi connectivity index (χ1n) is 5.21. The van der Waals surface area contributed by atoms with Crippen molar-refractivity contribution in [3.63, 3.8) is 0 Å². The molecule has 80 valence electrons. The number of aromatic nitrogens is 2. The van der Waals surface area contributed by atoms with Crippen molar-refractivity contribution in [1.82, 2.24) is 9.36 Å². The van der Waals surface area contributed by atoms with Crippen LogP contribution in [0, 0.1) is 5.92 Å². The number of hydrogen-bond donors (Lipinski definition) is 1. The van der Waals surface area contributed by atoms with E-state index in [1.807, 2.05) is 0 Å². The van der Waals surface area contributed by atoms with Crippen LogP contribution in [0.1, 0.15) is 40.0 Å². The van der Waals surface area contributed by atoms with Crippen LogP contribution >= 0.6 is 11.5 Å². The number of nitrogens with one attached hydrogen (secondary N) is 1. The zero-order valence-corrected chi connectivity index (χ0v) is 9.97. The third kappa shape index (κ3) is 4.56. The summed E-state index contributed by atoms with van der Waals surface area (Å²) in [5.41, 5.74) is 0. The van der Waals surface area contributed by atoms with Gasteiger partial charge in [0.05, 0.1) is 0 Å². The van der Waals surface area contributed by atoms with Crippen LogP contribution in [-0.2, 0) is 0 Å². The van der Waals surface area contributed by atoms with E-state index in [1.165, 1.54) is 30.8 Å². The second-order valence-electron chi connectivity index (χ2n) is 4.12. The molecule has 0 bridgehead atoms. The summed E-state index contributed by atoms with van der Waals surface area (Å²) in [6.07, 6.45) is 5.39. The lowest BCUT2D eigenvalue weighted by molar-refractivity contribution is 0.520. The highest BCUT2D eigenvalue weighted by molar-refractivity contribution is 7.09. The summed E-state index contributed by atoms with van der Waals surface area (Å²) < 4.78 is 3.95. The highest BCUT2D eigenvalue weighted by atomic mass is 32.1. The summed E-state index contributed by atoms with van der Waals surface area (Å²) in [6, 6.07) is 0.502. The number of anilines is 1. The van der Waals surface area contributed by atoms with Gasteiger partial charge < -0.3 is 5.32 Å². The first kappa shape index (κ1) is 11.4. The largest absolute Gasteiger partial charge is 0.358 e. The molecule has 0 radical (unpaired) electrons. The van der Waals surface area contributed by atoms with E-state index < -0.39 is 0 Å². The maximum Gasteiger partial charge on any atom is 0.202 e. The van der Waals surface area contributed by atoms with Crippen molar-refractivity contribution in [2.45, 2.75) is 46.1 Å². The Bertz CT molecular complexity index is 234. The highest BCUT2D eigenvalue weighted by Crippen LogP contribution is 2.13. The molecule has 1 aromatic heterocycles. The third-order valence-electron chi connectivity index (χ3n) is 2.15. The molecule has 0 aliphatic heterocycles. The van der Waals surface area contributed by atoms with Gasteiger partial charge in [0.2, 0.25) is 5.13 Å². The fourth-order valence-corrected chi connectivity index (χ4v) is 1.89. The molecular formula is C10H19N3S. The van der Waals surface area contributed by atoms with Crippen LogP contribution in [0.2, 0.25) is 0 Å². The van der Waals surface area contributed by atoms with Gasteiger partial charge in [0.15, 0.2) is 0 Å². The van der Waals surface area contributed by atoms with Gasteiger partial charge >= 0.3 is 0 Å². The Morgan fingerprint density at radius 1 is 1.36 bits per heavy atom. The Labute approximate surface area is 90.1 Å². The maximum atomic E-state index is 4.10. The molecule has 0 fully saturated rings. The Hall–Kier alpha value is -0.640. The van der Waals surface area contributed by atoms with E-state index in [1.54, 1.807) is 6.33 Å². The van der Waals surface area contributed by atoms with Crippen molar-refractivity contribution in [2.75, 3.05) is 5.32 Å². The van der Waals surface area contributed by atoms with Crippen LogP contribution in [0.4, 0.5) is 5.13 Å². The minimum atomic E-state index is 0.502. The number of hydrogen-bond acceptors (Lipinski definition) is 4. The lowest BCUT2D eigenvalue weighted by Gasteiger charge is -2.12. The molecule has 1 heterocycles. The van der Waals surface area contributed by atoms with E-state index in [0.717, 1.165) is 11.0 Å².